The van der Waals surface area contributed by atoms with Gasteiger partial charge in [-0.15, -0.1) is 0 Å². The average molecular weight is 282 g/mol. The molecule has 1 aromatic rings. The highest BCUT2D eigenvalue weighted by Crippen LogP contribution is 2.21. The first-order valence-corrected chi connectivity index (χ1v) is 6.84. The van der Waals surface area contributed by atoms with Crippen LogP contribution in [0.2, 0.25) is 0 Å². The standard InChI is InChI=1S/C13H22N4O3/c1-10(13(18)16-4-5-19-2)17-9-15-7-11(17)12-8-14-3-6-20-12/h7,9-10,12,14H,3-6,8H2,1-2H3,(H,16,18). The number of nitrogens with one attached hydrogen (secondary N) is 2. The summed E-state index contributed by atoms with van der Waals surface area (Å²) in [6.07, 6.45) is 3.38. The van der Waals surface area contributed by atoms with E-state index < -0.39 is 0 Å². The zero-order chi connectivity index (χ0) is 14.4. The maximum absolute atomic E-state index is 12.1. The van der Waals surface area contributed by atoms with Crippen LogP contribution >= 0.6 is 0 Å². The molecular weight excluding hydrogens is 260 g/mol. The number of imidazole rings is 1. The summed E-state index contributed by atoms with van der Waals surface area (Å²) >= 11 is 0. The first kappa shape index (κ1) is 15.0. The van der Waals surface area contributed by atoms with Gasteiger partial charge in [-0.2, -0.15) is 0 Å². The lowest BCUT2D eigenvalue weighted by molar-refractivity contribution is -0.124. The zero-order valence-corrected chi connectivity index (χ0v) is 12.0. The Bertz CT molecular complexity index is 429. The molecule has 20 heavy (non-hydrogen) atoms. The van der Waals surface area contributed by atoms with Gasteiger partial charge >= 0.3 is 0 Å². The number of aromatic nitrogens is 2. The maximum atomic E-state index is 12.1. The molecule has 112 valence electrons. The van der Waals surface area contributed by atoms with Gasteiger partial charge in [0.1, 0.15) is 12.1 Å². The van der Waals surface area contributed by atoms with E-state index in [2.05, 4.69) is 15.6 Å². The van der Waals surface area contributed by atoms with Crippen molar-refractivity contribution < 1.29 is 14.3 Å². The average Bonchev–Trinajstić information content (AvgIpc) is 2.97. The molecule has 2 atom stereocenters. The number of nitrogens with zero attached hydrogens (tertiary/aromatic N) is 2. The third-order valence-electron chi connectivity index (χ3n) is 3.36. The number of hydrogen-bond donors (Lipinski definition) is 2. The predicted molar refractivity (Wildman–Crippen MR) is 73.4 cm³/mol. The minimum atomic E-state index is -0.324. The van der Waals surface area contributed by atoms with Gasteiger partial charge in [0.2, 0.25) is 5.91 Å². The summed E-state index contributed by atoms with van der Waals surface area (Å²) in [7, 11) is 1.61. The number of rotatable bonds is 6. The summed E-state index contributed by atoms with van der Waals surface area (Å²) in [6.45, 7) is 5.13. The molecule has 7 heteroatoms. The Morgan fingerprint density at radius 1 is 1.75 bits per heavy atom. The minimum Gasteiger partial charge on any atom is -0.383 e. The van der Waals surface area contributed by atoms with Gasteiger partial charge in [0, 0.05) is 26.7 Å². The quantitative estimate of drug-likeness (QED) is 0.711. The van der Waals surface area contributed by atoms with Crippen molar-refractivity contribution in [3.8, 4) is 0 Å². The first-order valence-electron chi connectivity index (χ1n) is 6.84. The van der Waals surface area contributed by atoms with E-state index in [4.69, 9.17) is 9.47 Å². The zero-order valence-electron chi connectivity index (χ0n) is 12.0. The summed E-state index contributed by atoms with van der Waals surface area (Å²) in [5.41, 5.74) is 0.923. The van der Waals surface area contributed by atoms with Crippen molar-refractivity contribution >= 4 is 5.91 Å². The van der Waals surface area contributed by atoms with E-state index in [1.165, 1.54) is 0 Å². The van der Waals surface area contributed by atoms with Crippen LogP contribution in [0.15, 0.2) is 12.5 Å². The van der Waals surface area contributed by atoms with Gasteiger partial charge in [0.15, 0.2) is 0 Å². The Labute approximate surface area is 118 Å². The monoisotopic (exact) mass is 282 g/mol. The number of amides is 1. The van der Waals surface area contributed by atoms with E-state index in [0.29, 0.717) is 19.8 Å². The molecule has 0 bridgehead atoms. The fourth-order valence-electron chi connectivity index (χ4n) is 2.19. The third kappa shape index (κ3) is 3.56. The van der Waals surface area contributed by atoms with Gasteiger partial charge in [-0.05, 0) is 6.92 Å². The molecule has 1 aromatic heterocycles. The van der Waals surface area contributed by atoms with Crippen LogP contribution in [0.4, 0.5) is 0 Å². The van der Waals surface area contributed by atoms with Crippen molar-refractivity contribution in [1.29, 1.82) is 0 Å². The summed E-state index contributed by atoms with van der Waals surface area (Å²) in [5, 5.41) is 6.11. The first-order chi connectivity index (χ1) is 9.74. The van der Waals surface area contributed by atoms with Gasteiger partial charge in [-0.25, -0.2) is 4.98 Å². The molecule has 1 aliphatic rings. The van der Waals surface area contributed by atoms with Crippen molar-refractivity contribution in [2.75, 3.05) is 40.0 Å². The Balaban J connectivity index is 2.00. The lowest BCUT2D eigenvalue weighted by Gasteiger charge is -2.26. The van der Waals surface area contributed by atoms with Crippen LogP contribution in [0, 0.1) is 0 Å². The van der Waals surface area contributed by atoms with Crippen LogP contribution in [-0.4, -0.2) is 55.4 Å². The third-order valence-corrected chi connectivity index (χ3v) is 3.36. The van der Waals surface area contributed by atoms with E-state index in [9.17, 15) is 4.79 Å². The molecular formula is C13H22N4O3. The Kier molecular flexibility index (Phi) is 5.51. The molecule has 2 N–H and O–H groups in total. The molecule has 1 saturated heterocycles. The Hall–Kier alpha value is -1.44. The summed E-state index contributed by atoms with van der Waals surface area (Å²) in [4.78, 5) is 16.2. The second-order valence-electron chi connectivity index (χ2n) is 4.75. The van der Waals surface area contributed by atoms with Gasteiger partial charge < -0.3 is 24.7 Å². The van der Waals surface area contributed by atoms with Crippen molar-refractivity contribution in [1.82, 2.24) is 20.2 Å². The molecule has 2 heterocycles. The molecule has 7 nitrogen and oxygen atoms in total. The highest BCUT2D eigenvalue weighted by atomic mass is 16.5. The number of carbonyl (C=O) groups excluding carboxylic acids is 1. The molecule has 2 rings (SSSR count). The Morgan fingerprint density at radius 3 is 3.30 bits per heavy atom. The van der Waals surface area contributed by atoms with Crippen molar-refractivity contribution in [2.45, 2.75) is 19.1 Å². The summed E-state index contributed by atoms with van der Waals surface area (Å²) < 4.78 is 12.5. The number of hydrogen-bond acceptors (Lipinski definition) is 5. The molecule has 2 unspecified atom stereocenters. The van der Waals surface area contributed by atoms with Crippen LogP contribution in [-0.2, 0) is 14.3 Å². The predicted octanol–water partition coefficient (Wildman–Crippen LogP) is -0.132. The number of carbonyl (C=O) groups is 1. The lowest BCUT2D eigenvalue weighted by atomic mass is 10.2. The van der Waals surface area contributed by atoms with Gasteiger partial charge in [0.05, 0.1) is 31.4 Å². The second kappa shape index (κ2) is 7.37. The molecule has 0 saturated carbocycles. The molecule has 1 amide bonds. The van der Waals surface area contributed by atoms with Crippen molar-refractivity contribution in [2.24, 2.45) is 0 Å². The number of ether oxygens (including phenoxy) is 2. The fourth-order valence-corrected chi connectivity index (χ4v) is 2.19. The van der Waals surface area contributed by atoms with Crippen LogP contribution in [0.25, 0.3) is 0 Å². The normalized spacial score (nSPS) is 20.6. The van der Waals surface area contributed by atoms with Crippen LogP contribution < -0.4 is 10.6 Å². The second-order valence-corrected chi connectivity index (χ2v) is 4.75. The number of methoxy groups -OCH3 is 1. The maximum Gasteiger partial charge on any atom is 0.242 e. The highest BCUT2D eigenvalue weighted by Gasteiger charge is 2.24. The van der Waals surface area contributed by atoms with Gasteiger partial charge in [-0.3, -0.25) is 4.79 Å². The largest absolute Gasteiger partial charge is 0.383 e. The van der Waals surface area contributed by atoms with E-state index in [1.807, 2.05) is 11.5 Å². The molecule has 1 fully saturated rings. The fraction of sp³-hybridized carbons (Fsp3) is 0.692. The SMILES string of the molecule is COCCNC(=O)C(C)n1cncc1C1CNCCO1. The Morgan fingerprint density at radius 2 is 2.60 bits per heavy atom. The van der Waals surface area contributed by atoms with E-state index in [1.54, 1.807) is 19.6 Å². The van der Waals surface area contributed by atoms with Crippen LogP contribution in [0.3, 0.4) is 0 Å². The molecule has 0 radical (unpaired) electrons. The number of morpholine rings is 1. The topological polar surface area (TPSA) is 77.4 Å². The van der Waals surface area contributed by atoms with Gasteiger partial charge in [0.25, 0.3) is 0 Å². The minimum absolute atomic E-state index is 0.0509. The summed E-state index contributed by atoms with van der Waals surface area (Å²) in [6, 6.07) is -0.324. The van der Waals surface area contributed by atoms with Gasteiger partial charge in [-0.1, -0.05) is 0 Å². The van der Waals surface area contributed by atoms with Crippen molar-refractivity contribution in [3.63, 3.8) is 0 Å². The lowest BCUT2D eigenvalue weighted by Crippen LogP contribution is -2.37. The molecule has 1 aliphatic heterocycles. The van der Waals surface area contributed by atoms with Crippen molar-refractivity contribution in [3.05, 3.63) is 18.2 Å². The molecule has 0 spiro atoms. The summed E-state index contributed by atoms with van der Waals surface area (Å²) in [5.74, 6) is -0.0509. The van der Waals surface area contributed by atoms with E-state index >= 15 is 0 Å². The van der Waals surface area contributed by atoms with E-state index in [-0.39, 0.29) is 18.1 Å². The highest BCUT2D eigenvalue weighted by molar-refractivity contribution is 5.79. The molecule has 0 aliphatic carbocycles. The van der Waals surface area contributed by atoms with Crippen LogP contribution in [0.5, 0.6) is 0 Å². The molecule has 0 aromatic carbocycles. The smallest absolute Gasteiger partial charge is 0.242 e. The van der Waals surface area contributed by atoms with E-state index in [0.717, 1.165) is 18.8 Å². The van der Waals surface area contributed by atoms with Crippen LogP contribution in [0.1, 0.15) is 24.8 Å².